The maximum Gasteiger partial charge on any atom is 0.267 e. The highest BCUT2D eigenvalue weighted by atomic mass is 16.5. The number of carbonyl (C=O) groups is 1. The highest BCUT2D eigenvalue weighted by Gasteiger charge is 2.32. The molecule has 0 aliphatic rings. The van der Waals surface area contributed by atoms with E-state index in [0.717, 1.165) is 5.56 Å². The first-order chi connectivity index (χ1) is 13.8. The minimum Gasteiger partial charge on any atom is -0.497 e. The van der Waals surface area contributed by atoms with Crippen LogP contribution in [0.15, 0.2) is 65.5 Å². The summed E-state index contributed by atoms with van der Waals surface area (Å²) in [6, 6.07) is 17.6. The largest absolute Gasteiger partial charge is 0.497 e. The molecule has 1 amide bonds. The third kappa shape index (κ3) is 4.29. The number of methoxy groups -OCH3 is 2. The zero-order chi connectivity index (χ0) is 21.0. The lowest BCUT2D eigenvalue weighted by atomic mass is 10.0. The summed E-state index contributed by atoms with van der Waals surface area (Å²) in [7, 11) is 3.06. The first-order valence-electron chi connectivity index (χ1n) is 9.06. The van der Waals surface area contributed by atoms with Crippen LogP contribution in [0, 0.1) is 0 Å². The van der Waals surface area contributed by atoms with Crippen LogP contribution in [0.3, 0.4) is 0 Å². The first-order valence-corrected chi connectivity index (χ1v) is 9.06. The Morgan fingerprint density at radius 2 is 1.59 bits per heavy atom. The van der Waals surface area contributed by atoms with Gasteiger partial charge in [0.1, 0.15) is 17.0 Å². The van der Waals surface area contributed by atoms with Gasteiger partial charge < -0.3 is 14.8 Å². The summed E-state index contributed by atoms with van der Waals surface area (Å²) in [4.78, 5) is 25.5. The number of carbonyl (C=O) groups excluding carboxylic acids is 1. The van der Waals surface area contributed by atoms with Crippen molar-refractivity contribution in [3.8, 4) is 22.8 Å². The lowest BCUT2D eigenvalue weighted by molar-refractivity contribution is -0.123. The van der Waals surface area contributed by atoms with Crippen molar-refractivity contribution in [2.24, 2.45) is 0 Å². The van der Waals surface area contributed by atoms with Gasteiger partial charge in [-0.15, -0.1) is 0 Å². The van der Waals surface area contributed by atoms with E-state index >= 15 is 0 Å². The third-order valence-electron chi connectivity index (χ3n) is 4.56. The summed E-state index contributed by atoms with van der Waals surface area (Å²) in [6.45, 7) is 3.28. The quantitative estimate of drug-likeness (QED) is 0.695. The van der Waals surface area contributed by atoms with Gasteiger partial charge in [0.2, 0.25) is 0 Å². The molecule has 0 fully saturated rings. The second-order valence-corrected chi connectivity index (χ2v) is 6.95. The topological polar surface area (TPSA) is 82.5 Å². The fraction of sp³-hybridized carbons (Fsp3) is 0.227. The Bertz CT molecular complexity index is 1050. The molecule has 0 aliphatic heterocycles. The van der Waals surface area contributed by atoms with Gasteiger partial charge in [0.05, 0.1) is 19.9 Å². The molecule has 0 aliphatic carbocycles. The Morgan fingerprint density at radius 1 is 0.966 bits per heavy atom. The molecule has 150 valence electrons. The van der Waals surface area contributed by atoms with Gasteiger partial charge in [0.15, 0.2) is 0 Å². The highest BCUT2D eigenvalue weighted by molar-refractivity contribution is 5.96. The number of hydrogen-bond acceptors (Lipinski definition) is 5. The third-order valence-corrected chi connectivity index (χ3v) is 4.56. The molecule has 1 heterocycles. The molecule has 3 rings (SSSR count). The van der Waals surface area contributed by atoms with E-state index in [0.29, 0.717) is 22.9 Å². The standard InChI is InChI=1S/C22H23N3O4/c1-22(2,21(27)23-16-12-17(28-3)14-18(13-16)29-4)25-20(26)11-10-19(24-25)15-8-6-5-7-9-15/h5-14H,1-4H3,(H,23,27). The smallest absolute Gasteiger partial charge is 0.267 e. The second-order valence-electron chi connectivity index (χ2n) is 6.95. The predicted molar refractivity (Wildman–Crippen MR) is 111 cm³/mol. The van der Waals surface area contributed by atoms with Crippen molar-refractivity contribution in [1.29, 1.82) is 0 Å². The van der Waals surface area contributed by atoms with Crippen molar-refractivity contribution in [1.82, 2.24) is 9.78 Å². The van der Waals surface area contributed by atoms with Gasteiger partial charge in [-0.1, -0.05) is 30.3 Å². The number of aromatic nitrogens is 2. The molecular weight excluding hydrogens is 370 g/mol. The fourth-order valence-electron chi connectivity index (χ4n) is 2.83. The number of nitrogens with one attached hydrogen (secondary N) is 1. The summed E-state index contributed by atoms with van der Waals surface area (Å²) < 4.78 is 11.7. The molecule has 0 radical (unpaired) electrons. The summed E-state index contributed by atoms with van der Waals surface area (Å²) in [5.41, 5.74) is 0.349. The second kappa shape index (κ2) is 8.18. The average Bonchev–Trinajstić information content (AvgIpc) is 2.74. The predicted octanol–water partition coefficient (Wildman–Crippen LogP) is 3.30. The van der Waals surface area contributed by atoms with Crippen LogP contribution >= 0.6 is 0 Å². The molecule has 0 spiro atoms. The van der Waals surface area contributed by atoms with E-state index in [4.69, 9.17) is 9.47 Å². The van der Waals surface area contributed by atoms with Gasteiger partial charge in [0, 0.05) is 35.5 Å². The number of hydrogen-bond donors (Lipinski definition) is 1. The van der Waals surface area contributed by atoms with Gasteiger partial charge in [-0.25, -0.2) is 4.68 Å². The molecule has 1 aromatic heterocycles. The number of ether oxygens (including phenoxy) is 2. The van der Waals surface area contributed by atoms with Crippen LogP contribution in [0.2, 0.25) is 0 Å². The van der Waals surface area contributed by atoms with Crippen molar-refractivity contribution in [3.63, 3.8) is 0 Å². The number of amides is 1. The molecule has 0 saturated heterocycles. The molecule has 7 heteroatoms. The van der Waals surface area contributed by atoms with E-state index in [1.807, 2.05) is 30.3 Å². The van der Waals surface area contributed by atoms with Crippen LogP contribution in [0.4, 0.5) is 5.69 Å². The van der Waals surface area contributed by atoms with Crippen molar-refractivity contribution in [2.45, 2.75) is 19.4 Å². The molecule has 1 N–H and O–H groups in total. The van der Waals surface area contributed by atoms with Crippen molar-refractivity contribution in [2.75, 3.05) is 19.5 Å². The van der Waals surface area contributed by atoms with Crippen LogP contribution in [0.5, 0.6) is 11.5 Å². The zero-order valence-electron chi connectivity index (χ0n) is 16.8. The first kappa shape index (κ1) is 20.1. The van der Waals surface area contributed by atoms with Crippen LogP contribution in [0.1, 0.15) is 13.8 Å². The highest BCUT2D eigenvalue weighted by Crippen LogP contribution is 2.27. The molecule has 29 heavy (non-hydrogen) atoms. The Morgan fingerprint density at radius 3 is 2.17 bits per heavy atom. The van der Waals surface area contributed by atoms with Gasteiger partial charge in [-0.2, -0.15) is 5.10 Å². The van der Waals surface area contributed by atoms with Crippen LogP contribution in [0.25, 0.3) is 11.3 Å². The monoisotopic (exact) mass is 393 g/mol. The molecule has 0 unspecified atom stereocenters. The summed E-state index contributed by atoms with van der Waals surface area (Å²) in [6.07, 6.45) is 0. The van der Waals surface area contributed by atoms with E-state index in [9.17, 15) is 9.59 Å². The van der Waals surface area contributed by atoms with Gasteiger partial charge in [0.25, 0.3) is 11.5 Å². The number of benzene rings is 2. The van der Waals surface area contributed by atoms with E-state index in [1.165, 1.54) is 25.0 Å². The number of anilines is 1. The van der Waals surface area contributed by atoms with Gasteiger partial charge >= 0.3 is 0 Å². The zero-order valence-corrected chi connectivity index (χ0v) is 16.8. The maximum atomic E-state index is 13.0. The lowest BCUT2D eigenvalue weighted by Gasteiger charge is -2.25. The number of nitrogens with zero attached hydrogens (tertiary/aromatic N) is 2. The Labute approximate surface area is 168 Å². The van der Waals surface area contributed by atoms with Crippen molar-refractivity contribution >= 4 is 11.6 Å². The normalized spacial score (nSPS) is 11.0. The van der Waals surface area contributed by atoms with Crippen LogP contribution < -0.4 is 20.3 Å². The summed E-state index contributed by atoms with van der Waals surface area (Å²) in [5, 5.41) is 7.26. The van der Waals surface area contributed by atoms with E-state index in [1.54, 1.807) is 38.1 Å². The molecular formula is C22H23N3O4. The van der Waals surface area contributed by atoms with Crippen molar-refractivity contribution in [3.05, 3.63) is 71.0 Å². The van der Waals surface area contributed by atoms with E-state index < -0.39 is 11.4 Å². The fourth-order valence-corrected chi connectivity index (χ4v) is 2.83. The Hall–Kier alpha value is -3.61. The van der Waals surface area contributed by atoms with Crippen molar-refractivity contribution < 1.29 is 14.3 Å². The summed E-state index contributed by atoms with van der Waals surface area (Å²) in [5.74, 6) is 0.685. The van der Waals surface area contributed by atoms with E-state index in [2.05, 4.69) is 10.4 Å². The molecule has 2 aromatic carbocycles. The minimum atomic E-state index is -1.24. The molecule has 0 atom stereocenters. The molecule has 0 saturated carbocycles. The molecule has 3 aromatic rings. The van der Waals surface area contributed by atoms with Crippen LogP contribution in [-0.2, 0) is 10.3 Å². The van der Waals surface area contributed by atoms with Crippen LogP contribution in [-0.4, -0.2) is 29.9 Å². The minimum absolute atomic E-state index is 0.368. The van der Waals surface area contributed by atoms with Gasteiger partial charge in [-0.05, 0) is 19.9 Å². The average molecular weight is 393 g/mol. The maximum absolute atomic E-state index is 13.0. The Kier molecular flexibility index (Phi) is 5.68. The molecule has 7 nitrogen and oxygen atoms in total. The SMILES string of the molecule is COc1cc(NC(=O)C(C)(C)n2nc(-c3ccccc3)ccc2=O)cc(OC)c1. The number of rotatable bonds is 6. The molecule has 0 bridgehead atoms. The lowest BCUT2D eigenvalue weighted by Crippen LogP contribution is -2.47. The Balaban J connectivity index is 1.94. The summed E-state index contributed by atoms with van der Waals surface area (Å²) >= 11 is 0. The van der Waals surface area contributed by atoms with Gasteiger partial charge in [-0.3, -0.25) is 9.59 Å². The van der Waals surface area contributed by atoms with E-state index in [-0.39, 0.29) is 5.56 Å².